The third-order valence-electron chi connectivity index (χ3n) is 5.37. The average molecular weight is 424 g/mol. The summed E-state index contributed by atoms with van der Waals surface area (Å²) in [4.78, 5) is 15.4. The molecule has 2 aromatic carbocycles. The second-order valence-corrected chi connectivity index (χ2v) is 8.47. The van der Waals surface area contributed by atoms with Crippen molar-refractivity contribution in [3.8, 4) is 16.9 Å². The summed E-state index contributed by atoms with van der Waals surface area (Å²) in [5.74, 6) is -0.0530. The number of benzene rings is 2. The summed E-state index contributed by atoms with van der Waals surface area (Å²) in [6.07, 6.45) is -0.00330. The van der Waals surface area contributed by atoms with Crippen molar-refractivity contribution in [3.05, 3.63) is 70.4 Å². The molecule has 0 saturated carbocycles. The highest BCUT2D eigenvalue weighted by Gasteiger charge is 2.30. The molecule has 4 rings (SSSR count). The summed E-state index contributed by atoms with van der Waals surface area (Å²) in [5.41, 5.74) is 5.12. The van der Waals surface area contributed by atoms with Gasteiger partial charge in [-0.3, -0.25) is 4.79 Å². The van der Waals surface area contributed by atoms with E-state index in [1.54, 1.807) is 4.68 Å². The van der Waals surface area contributed by atoms with Crippen LogP contribution in [-0.4, -0.2) is 45.9 Å². The van der Waals surface area contributed by atoms with Crippen molar-refractivity contribution >= 4 is 17.5 Å². The Hall–Kier alpha value is -2.63. The van der Waals surface area contributed by atoms with Gasteiger partial charge in [-0.2, -0.15) is 5.10 Å². The zero-order valence-corrected chi connectivity index (χ0v) is 18.5. The van der Waals surface area contributed by atoms with Crippen molar-refractivity contribution in [3.63, 3.8) is 0 Å². The summed E-state index contributed by atoms with van der Waals surface area (Å²) in [7, 11) is 0. The largest absolute Gasteiger partial charge is 0.372 e. The number of halogens is 1. The monoisotopic (exact) mass is 423 g/mol. The van der Waals surface area contributed by atoms with Crippen LogP contribution < -0.4 is 0 Å². The first-order valence-corrected chi connectivity index (χ1v) is 10.6. The summed E-state index contributed by atoms with van der Waals surface area (Å²) >= 11 is 6.42. The molecule has 6 heteroatoms. The molecule has 0 spiro atoms. The highest BCUT2D eigenvalue weighted by atomic mass is 35.5. The number of rotatable bonds is 3. The third-order valence-corrected chi connectivity index (χ3v) is 5.70. The Morgan fingerprint density at radius 3 is 2.43 bits per heavy atom. The summed E-state index contributed by atoms with van der Waals surface area (Å²) in [6.45, 7) is 9.19. The fraction of sp³-hybridized carbons (Fsp3) is 0.333. The molecule has 1 fully saturated rings. The van der Waals surface area contributed by atoms with Gasteiger partial charge in [0.25, 0.3) is 5.91 Å². The molecule has 2 atom stereocenters. The molecule has 1 aromatic heterocycles. The number of morpholine rings is 1. The Morgan fingerprint density at radius 2 is 1.77 bits per heavy atom. The van der Waals surface area contributed by atoms with Gasteiger partial charge in [-0.25, -0.2) is 4.68 Å². The van der Waals surface area contributed by atoms with Crippen molar-refractivity contribution in [2.75, 3.05) is 13.1 Å². The molecule has 1 amide bonds. The maximum atomic E-state index is 13.6. The molecule has 0 unspecified atom stereocenters. The number of aromatic nitrogens is 2. The Labute approximate surface area is 182 Å². The van der Waals surface area contributed by atoms with E-state index in [9.17, 15) is 4.79 Å². The number of aryl methyl sites for hydroxylation is 2. The van der Waals surface area contributed by atoms with Crippen LogP contribution >= 0.6 is 11.6 Å². The van der Waals surface area contributed by atoms with Gasteiger partial charge < -0.3 is 9.64 Å². The number of nitrogens with zero attached hydrogens (tertiary/aromatic N) is 3. The first-order chi connectivity index (χ1) is 14.3. The number of ether oxygens (including phenoxy) is 1. The van der Waals surface area contributed by atoms with E-state index in [-0.39, 0.29) is 18.1 Å². The third kappa shape index (κ3) is 4.00. The van der Waals surface area contributed by atoms with Crippen LogP contribution in [0.15, 0.2) is 48.5 Å². The minimum absolute atomic E-state index is 0.00165. The molecular formula is C24H26ClN3O2. The van der Waals surface area contributed by atoms with E-state index in [1.165, 1.54) is 5.56 Å². The van der Waals surface area contributed by atoms with Crippen LogP contribution in [0, 0.1) is 13.8 Å². The van der Waals surface area contributed by atoms with Crippen LogP contribution in [0.3, 0.4) is 0 Å². The zero-order valence-electron chi connectivity index (χ0n) is 17.7. The molecule has 0 aliphatic carbocycles. The van der Waals surface area contributed by atoms with E-state index in [0.29, 0.717) is 29.5 Å². The van der Waals surface area contributed by atoms with Crippen molar-refractivity contribution in [1.82, 2.24) is 14.7 Å². The van der Waals surface area contributed by atoms with Gasteiger partial charge in [-0.05, 0) is 51.5 Å². The van der Waals surface area contributed by atoms with E-state index >= 15 is 0 Å². The van der Waals surface area contributed by atoms with Gasteiger partial charge >= 0.3 is 0 Å². The molecule has 3 aromatic rings. The van der Waals surface area contributed by atoms with Gasteiger partial charge in [-0.15, -0.1) is 0 Å². The first-order valence-electron chi connectivity index (χ1n) is 10.2. The van der Waals surface area contributed by atoms with Crippen LogP contribution in [0.25, 0.3) is 16.9 Å². The van der Waals surface area contributed by atoms with Crippen molar-refractivity contribution in [1.29, 1.82) is 0 Å². The van der Waals surface area contributed by atoms with Gasteiger partial charge in [0.1, 0.15) is 5.69 Å². The second-order valence-electron chi connectivity index (χ2n) is 8.06. The summed E-state index contributed by atoms with van der Waals surface area (Å²) < 4.78 is 7.56. The molecule has 1 aliphatic rings. The van der Waals surface area contributed by atoms with Crippen molar-refractivity contribution in [2.24, 2.45) is 0 Å². The second kappa shape index (κ2) is 8.25. The molecule has 0 N–H and O–H groups in total. The lowest BCUT2D eigenvalue weighted by molar-refractivity contribution is -0.0588. The molecule has 5 nitrogen and oxygen atoms in total. The predicted molar refractivity (Wildman–Crippen MR) is 119 cm³/mol. The lowest BCUT2D eigenvalue weighted by Crippen LogP contribution is -2.48. The maximum Gasteiger partial charge on any atom is 0.272 e. The minimum Gasteiger partial charge on any atom is -0.372 e. The Balaban J connectivity index is 1.83. The normalized spacial score (nSPS) is 19.2. The Bertz CT molecular complexity index is 1080. The van der Waals surface area contributed by atoms with Gasteiger partial charge in [0.2, 0.25) is 0 Å². The molecular weight excluding hydrogens is 398 g/mol. The molecule has 30 heavy (non-hydrogen) atoms. The Morgan fingerprint density at radius 1 is 1.07 bits per heavy atom. The summed E-state index contributed by atoms with van der Waals surface area (Å²) in [6, 6.07) is 15.5. The first kappa shape index (κ1) is 20.6. The number of amides is 1. The van der Waals surface area contributed by atoms with Crippen molar-refractivity contribution < 1.29 is 9.53 Å². The number of hydrogen-bond donors (Lipinski definition) is 0. The van der Waals surface area contributed by atoms with Crippen LogP contribution in [0.4, 0.5) is 0 Å². The summed E-state index contributed by atoms with van der Waals surface area (Å²) in [5, 5.41) is 5.42. The number of carbonyl (C=O) groups is 1. The van der Waals surface area contributed by atoms with E-state index in [0.717, 1.165) is 16.8 Å². The van der Waals surface area contributed by atoms with Crippen molar-refractivity contribution in [2.45, 2.75) is 39.9 Å². The smallest absolute Gasteiger partial charge is 0.272 e. The Kier molecular flexibility index (Phi) is 5.67. The van der Waals surface area contributed by atoms with Gasteiger partial charge in [0.05, 0.1) is 28.6 Å². The van der Waals surface area contributed by atoms with E-state index < -0.39 is 0 Å². The quantitative estimate of drug-likeness (QED) is 0.591. The highest BCUT2D eigenvalue weighted by Crippen LogP contribution is 2.30. The molecule has 0 radical (unpaired) electrons. The average Bonchev–Trinajstić information content (AvgIpc) is 3.11. The van der Waals surface area contributed by atoms with Crippen LogP contribution in [0.5, 0.6) is 0 Å². The molecule has 156 valence electrons. The minimum atomic E-state index is -0.0530. The zero-order chi connectivity index (χ0) is 21.4. The standard InChI is InChI=1S/C24H26ClN3O2/c1-15-9-10-22(16(2)11-15)28-23(24(29)27-13-17(3)30-18(4)14-27)12-21(26-28)19-7-5-6-8-20(19)25/h5-12,17-18H,13-14H2,1-4H3/t17-,18-/m1/s1. The lowest BCUT2D eigenvalue weighted by Gasteiger charge is -2.35. The van der Waals surface area contributed by atoms with E-state index in [1.807, 2.05) is 68.1 Å². The van der Waals surface area contributed by atoms with E-state index in [2.05, 4.69) is 13.0 Å². The SMILES string of the molecule is Cc1ccc(-n2nc(-c3ccccc3Cl)cc2C(=O)N2C[C@@H](C)O[C@H](C)C2)c(C)c1. The van der Waals surface area contributed by atoms with Gasteiger partial charge in [0, 0.05) is 18.7 Å². The molecule has 2 heterocycles. The van der Waals surface area contributed by atoms with E-state index in [4.69, 9.17) is 21.4 Å². The molecule has 0 bridgehead atoms. The maximum absolute atomic E-state index is 13.6. The van der Waals surface area contributed by atoms with Crippen LogP contribution in [0.2, 0.25) is 5.02 Å². The fourth-order valence-corrected chi connectivity index (χ4v) is 4.30. The van der Waals surface area contributed by atoms with Gasteiger partial charge in [-0.1, -0.05) is 47.5 Å². The predicted octanol–water partition coefficient (Wildman–Crippen LogP) is 5.06. The van der Waals surface area contributed by atoms with Gasteiger partial charge in [0.15, 0.2) is 0 Å². The molecule has 1 saturated heterocycles. The molecule has 1 aliphatic heterocycles. The van der Waals surface area contributed by atoms with Crippen LogP contribution in [-0.2, 0) is 4.74 Å². The lowest BCUT2D eigenvalue weighted by atomic mass is 10.1. The topological polar surface area (TPSA) is 47.4 Å². The number of carbonyl (C=O) groups excluding carboxylic acids is 1. The fourth-order valence-electron chi connectivity index (χ4n) is 4.07. The number of hydrogen-bond acceptors (Lipinski definition) is 3. The van der Waals surface area contributed by atoms with Crippen LogP contribution in [0.1, 0.15) is 35.5 Å². The highest BCUT2D eigenvalue weighted by molar-refractivity contribution is 6.33.